The van der Waals surface area contributed by atoms with Crippen molar-refractivity contribution in [1.29, 1.82) is 0 Å². The Morgan fingerprint density at radius 2 is 1.70 bits per heavy atom. The fourth-order valence-corrected chi connectivity index (χ4v) is 3.08. The molecule has 2 rings (SSSR count). The SMILES string of the molecule is CC1CN(C(=O)N2CCC(CC(=O)O)CC2)CCC1O. The number of rotatable bonds is 2. The van der Waals surface area contributed by atoms with Crippen LogP contribution in [-0.4, -0.2) is 64.3 Å². The number of carboxylic acids is 1. The van der Waals surface area contributed by atoms with Gasteiger partial charge in [0.1, 0.15) is 0 Å². The molecule has 0 aromatic heterocycles. The summed E-state index contributed by atoms with van der Waals surface area (Å²) in [6, 6.07) is 0.0394. The predicted octanol–water partition coefficient (Wildman–Crippen LogP) is 0.996. The molecule has 2 N–H and O–H groups in total. The third-order valence-corrected chi connectivity index (χ3v) is 4.48. The second-order valence-electron chi connectivity index (χ2n) is 6.09. The maximum atomic E-state index is 12.4. The Labute approximate surface area is 119 Å². The van der Waals surface area contributed by atoms with Crippen LogP contribution in [0, 0.1) is 11.8 Å². The molecule has 2 amide bonds. The minimum absolute atomic E-state index is 0.0394. The van der Waals surface area contributed by atoms with Crippen LogP contribution in [0.25, 0.3) is 0 Å². The van der Waals surface area contributed by atoms with Gasteiger partial charge < -0.3 is 20.0 Å². The van der Waals surface area contributed by atoms with Gasteiger partial charge in [-0.3, -0.25) is 4.79 Å². The Morgan fingerprint density at radius 1 is 1.10 bits per heavy atom. The molecule has 2 atom stereocenters. The van der Waals surface area contributed by atoms with E-state index in [1.54, 1.807) is 0 Å². The van der Waals surface area contributed by atoms with Gasteiger partial charge >= 0.3 is 12.0 Å². The first-order valence-electron chi connectivity index (χ1n) is 7.41. The standard InChI is InChI=1S/C14H24N2O4/c1-10-9-16(7-4-12(10)17)14(20)15-5-2-11(3-6-15)8-13(18)19/h10-12,17H,2-9H2,1H3,(H,18,19). The molecular formula is C14H24N2O4. The first-order valence-corrected chi connectivity index (χ1v) is 7.41. The Morgan fingerprint density at radius 3 is 2.25 bits per heavy atom. The van der Waals surface area contributed by atoms with E-state index in [0.29, 0.717) is 32.6 Å². The fraction of sp³-hybridized carbons (Fsp3) is 0.857. The van der Waals surface area contributed by atoms with E-state index < -0.39 is 5.97 Å². The van der Waals surface area contributed by atoms with Crippen LogP contribution in [0.15, 0.2) is 0 Å². The van der Waals surface area contributed by atoms with Crippen molar-refractivity contribution >= 4 is 12.0 Å². The normalized spacial score (nSPS) is 28.5. The fourth-order valence-electron chi connectivity index (χ4n) is 3.08. The second kappa shape index (κ2) is 6.43. The number of carboxylic acid groups (broad SMARTS) is 1. The first-order chi connectivity index (χ1) is 9.47. The molecule has 2 heterocycles. The molecule has 114 valence electrons. The van der Waals surface area contributed by atoms with Crippen LogP contribution >= 0.6 is 0 Å². The molecule has 2 aliphatic rings. The molecule has 2 aliphatic heterocycles. The summed E-state index contributed by atoms with van der Waals surface area (Å²) in [7, 11) is 0. The molecule has 0 spiro atoms. The highest BCUT2D eigenvalue weighted by molar-refractivity contribution is 5.74. The number of nitrogens with zero attached hydrogens (tertiary/aromatic N) is 2. The molecule has 0 bridgehead atoms. The smallest absolute Gasteiger partial charge is 0.320 e. The number of piperidine rings is 2. The number of carbonyl (C=O) groups is 2. The largest absolute Gasteiger partial charge is 0.481 e. The number of hydrogen-bond donors (Lipinski definition) is 2. The van der Waals surface area contributed by atoms with Crippen LogP contribution < -0.4 is 0 Å². The van der Waals surface area contributed by atoms with Crippen molar-refractivity contribution in [3.63, 3.8) is 0 Å². The van der Waals surface area contributed by atoms with Gasteiger partial charge in [0.2, 0.25) is 0 Å². The van der Waals surface area contributed by atoms with Crippen molar-refractivity contribution < 1.29 is 19.8 Å². The van der Waals surface area contributed by atoms with Gasteiger partial charge in [0, 0.05) is 32.6 Å². The van der Waals surface area contributed by atoms with E-state index in [1.165, 1.54) is 0 Å². The molecule has 6 nitrogen and oxygen atoms in total. The molecule has 2 fully saturated rings. The van der Waals surface area contributed by atoms with Crippen LogP contribution in [0.2, 0.25) is 0 Å². The summed E-state index contributed by atoms with van der Waals surface area (Å²) >= 11 is 0. The lowest BCUT2D eigenvalue weighted by atomic mass is 9.93. The number of aliphatic hydroxyl groups excluding tert-OH is 1. The van der Waals surface area contributed by atoms with E-state index in [9.17, 15) is 14.7 Å². The third kappa shape index (κ3) is 3.62. The van der Waals surface area contributed by atoms with Crippen molar-refractivity contribution in [3.8, 4) is 0 Å². The van der Waals surface area contributed by atoms with Gasteiger partial charge in [0.05, 0.1) is 6.10 Å². The predicted molar refractivity (Wildman–Crippen MR) is 73.3 cm³/mol. The van der Waals surface area contributed by atoms with E-state index in [-0.39, 0.29) is 30.4 Å². The van der Waals surface area contributed by atoms with E-state index in [1.807, 2.05) is 16.7 Å². The van der Waals surface area contributed by atoms with E-state index in [4.69, 9.17) is 5.11 Å². The lowest BCUT2D eigenvalue weighted by Crippen LogP contribution is -2.52. The number of hydrogen-bond acceptors (Lipinski definition) is 3. The highest BCUT2D eigenvalue weighted by Gasteiger charge is 2.31. The Kier molecular flexibility index (Phi) is 4.86. The van der Waals surface area contributed by atoms with Crippen LogP contribution in [0.5, 0.6) is 0 Å². The zero-order chi connectivity index (χ0) is 14.7. The first kappa shape index (κ1) is 15.1. The lowest BCUT2D eigenvalue weighted by Gasteiger charge is -2.39. The van der Waals surface area contributed by atoms with Crippen molar-refractivity contribution in [2.24, 2.45) is 11.8 Å². The van der Waals surface area contributed by atoms with Gasteiger partial charge in [0.15, 0.2) is 0 Å². The minimum Gasteiger partial charge on any atom is -0.481 e. The van der Waals surface area contributed by atoms with Crippen molar-refractivity contribution in [2.75, 3.05) is 26.2 Å². The summed E-state index contributed by atoms with van der Waals surface area (Å²) in [5.74, 6) is -0.440. The van der Waals surface area contributed by atoms with Crippen LogP contribution in [0.4, 0.5) is 4.79 Å². The summed E-state index contributed by atoms with van der Waals surface area (Å²) in [6.07, 6.45) is 2.08. The number of carbonyl (C=O) groups excluding carboxylic acids is 1. The number of amides is 2. The topological polar surface area (TPSA) is 81.1 Å². The average Bonchev–Trinajstić information content (AvgIpc) is 2.41. The van der Waals surface area contributed by atoms with Crippen LogP contribution in [0.3, 0.4) is 0 Å². The molecule has 0 saturated carbocycles. The van der Waals surface area contributed by atoms with Gasteiger partial charge in [-0.25, -0.2) is 4.79 Å². The molecule has 20 heavy (non-hydrogen) atoms. The number of aliphatic hydroxyl groups is 1. The summed E-state index contributed by atoms with van der Waals surface area (Å²) < 4.78 is 0. The summed E-state index contributed by atoms with van der Waals surface area (Å²) in [5, 5.41) is 18.5. The molecule has 2 saturated heterocycles. The number of urea groups is 1. The zero-order valence-corrected chi connectivity index (χ0v) is 12.0. The summed E-state index contributed by atoms with van der Waals surface area (Å²) in [5.41, 5.74) is 0. The van der Waals surface area contributed by atoms with E-state index in [2.05, 4.69) is 0 Å². The average molecular weight is 284 g/mol. The molecule has 2 unspecified atom stereocenters. The van der Waals surface area contributed by atoms with Gasteiger partial charge in [-0.15, -0.1) is 0 Å². The van der Waals surface area contributed by atoms with Crippen LogP contribution in [0.1, 0.15) is 32.6 Å². The van der Waals surface area contributed by atoms with Crippen molar-refractivity contribution in [2.45, 2.75) is 38.7 Å². The maximum Gasteiger partial charge on any atom is 0.320 e. The molecule has 0 aromatic carbocycles. The molecule has 6 heteroatoms. The highest BCUT2D eigenvalue weighted by atomic mass is 16.4. The van der Waals surface area contributed by atoms with Crippen LogP contribution in [-0.2, 0) is 4.79 Å². The Hall–Kier alpha value is -1.30. The molecular weight excluding hydrogens is 260 g/mol. The minimum atomic E-state index is -0.756. The van der Waals surface area contributed by atoms with Gasteiger partial charge in [-0.2, -0.15) is 0 Å². The van der Waals surface area contributed by atoms with Gasteiger partial charge in [-0.05, 0) is 31.1 Å². The summed E-state index contributed by atoms with van der Waals surface area (Å²) in [4.78, 5) is 26.7. The van der Waals surface area contributed by atoms with Gasteiger partial charge in [-0.1, -0.05) is 6.92 Å². The number of aliphatic carboxylic acids is 1. The molecule has 0 aromatic rings. The second-order valence-corrected chi connectivity index (χ2v) is 6.09. The number of likely N-dealkylation sites (tertiary alicyclic amines) is 2. The van der Waals surface area contributed by atoms with E-state index in [0.717, 1.165) is 12.8 Å². The monoisotopic (exact) mass is 284 g/mol. The molecule has 0 aliphatic carbocycles. The zero-order valence-electron chi connectivity index (χ0n) is 12.0. The van der Waals surface area contributed by atoms with Gasteiger partial charge in [0.25, 0.3) is 0 Å². The Balaban J connectivity index is 1.81. The van der Waals surface area contributed by atoms with Crippen molar-refractivity contribution in [3.05, 3.63) is 0 Å². The Bertz CT molecular complexity index is 366. The molecule has 0 radical (unpaired) electrons. The lowest BCUT2D eigenvalue weighted by molar-refractivity contribution is -0.138. The maximum absolute atomic E-state index is 12.4. The quantitative estimate of drug-likeness (QED) is 0.792. The highest BCUT2D eigenvalue weighted by Crippen LogP contribution is 2.23. The van der Waals surface area contributed by atoms with Crippen molar-refractivity contribution in [1.82, 2.24) is 9.80 Å². The summed E-state index contributed by atoms with van der Waals surface area (Å²) in [6.45, 7) is 4.46. The third-order valence-electron chi connectivity index (χ3n) is 4.48. The van der Waals surface area contributed by atoms with E-state index >= 15 is 0 Å².